The van der Waals surface area contributed by atoms with Crippen LogP contribution in [0.5, 0.6) is 0 Å². The maximum Gasteiger partial charge on any atom is 0.0728 e. The van der Waals surface area contributed by atoms with Crippen molar-refractivity contribution in [3.05, 3.63) is 11.9 Å². The lowest BCUT2D eigenvalue weighted by Crippen LogP contribution is -2.37. The number of likely N-dealkylation sites (N-methyl/N-ethyl adjacent to an activating group) is 1. The standard InChI is InChI=1S/C11H20N4/c1-3-12-10-7-5-4-6-9(10)11-8-13-14-15(11)2/h8-10,12H,3-7H2,1-2H3. The van der Waals surface area contributed by atoms with Gasteiger partial charge in [-0.25, -0.2) is 0 Å². The largest absolute Gasteiger partial charge is 0.314 e. The zero-order valence-corrected chi connectivity index (χ0v) is 9.61. The molecule has 1 aliphatic carbocycles. The van der Waals surface area contributed by atoms with E-state index >= 15 is 0 Å². The highest BCUT2D eigenvalue weighted by Crippen LogP contribution is 2.32. The summed E-state index contributed by atoms with van der Waals surface area (Å²) in [6.45, 7) is 3.22. The summed E-state index contributed by atoms with van der Waals surface area (Å²) in [4.78, 5) is 0. The van der Waals surface area contributed by atoms with Gasteiger partial charge in [0.05, 0.1) is 11.9 Å². The molecule has 1 aromatic rings. The van der Waals surface area contributed by atoms with E-state index in [9.17, 15) is 0 Å². The molecule has 0 saturated heterocycles. The Hall–Kier alpha value is -0.900. The molecule has 4 heteroatoms. The van der Waals surface area contributed by atoms with Crippen LogP contribution in [0.2, 0.25) is 0 Å². The number of hydrogen-bond donors (Lipinski definition) is 1. The summed E-state index contributed by atoms with van der Waals surface area (Å²) in [6, 6.07) is 0.612. The first-order chi connectivity index (χ1) is 7.33. The van der Waals surface area contributed by atoms with E-state index in [2.05, 4.69) is 22.6 Å². The van der Waals surface area contributed by atoms with Crippen LogP contribution < -0.4 is 5.32 Å². The molecule has 0 bridgehead atoms. The van der Waals surface area contributed by atoms with Crippen LogP contribution in [0, 0.1) is 0 Å². The van der Waals surface area contributed by atoms with Crippen LogP contribution in [-0.4, -0.2) is 27.6 Å². The molecule has 0 aromatic carbocycles. The second-order valence-corrected chi connectivity index (χ2v) is 4.34. The van der Waals surface area contributed by atoms with Gasteiger partial charge in [0.15, 0.2) is 0 Å². The van der Waals surface area contributed by atoms with Gasteiger partial charge in [-0.1, -0.05) is 25.0 Å². The van der Waals surface area contributed by atoms with Gasteiger partial charge in [-0.2, -0.15) is 0 Å². The van der Waals surface area contributed by atoms with Gasteiger partial charge in [-0.05, 0) is 19.4 Å². The molecule has 0 aliphatic heterocycles. The van der Waals surface area contributed by atoms with Gasteiger partial charge in [0.1, 0.15) is 0 Å². The number of aromatic nitrogens is 3. The van der Waals surface area contributed by atoms with E-state index in [0.717, 1.165) is 6.54 Å². The molecule has 0 radical (unpaired) electrons. The first-order valence-electron chi connectivity index (χ1n) is 5.91. The lowest BCUT2D eigenvalue weighted by molar-refractivity contribution is 0.321. The summed E-state index contributed by atoms with van der Waals surface area (Å²) < 4.78 is 1.92. The van der Waals surface area contributed by atoms with Crippen molar-refractivity contribution >= 4 is 0 Å². The molecule has 0 spiro atoms. The monoisotopic (exact) mass is 208 g/mol. The van der Waals surface area contributed by atoms with Crippen molar-refractivity contribution in [2.45, 2.75) is 44.6 Å². The van der Waals surface area contributed by atoms with Gasteiger partial charge < -0.3 is 5.32 Å². The Bertz CT molecular complexity index is 305. The van der Waals surface area contributed by atoms with Gasteiger partial charge in [0, 0.05) is 19.0 Å². The van der Waals surface area contributed by atoms with E-state index in [-0.39, 0.29) is 0 Å². The fourth-order valence-corrected chi connectivity index (χ4v) is 2.62. The summed E-state index contributed by atoms with van der Waals surface area (Å²) >= 11 is 0. The minimum Gasteiger partial charge on any atom is -0.314 e. The maximum absolute atomic E-state index is 4.03. The fourth-order valence-electron chi connectivity index (χ4n) is 2.62. The van der Waals surface area contributed by atoms with Crippen LogP contribution in [-0.2, 0) is 7.05 Å². The molecular formula is C11H20N4. The van der Waals surface area contributed by atoms with Crippen LogP contribution >= 0.6 is 0 Å². The average Bonchev–Trinajstić information content (AvgIpc) is 2.66. The summed E-state index contributed by atoms with van der Waals surface area (Å²) in [5.41, 5.74) is 1.28. The predicted molar refractivity (Wildman–Crippen MR) is 59.7 cm³/mol. The lowest BCUT2D eigenvalue weighted by atomic mass is 9.82. The summed E-state index contributed by atoms with van der Waals surface area (Å²) in [5.74, 6) is 0.596. The number of aryl methyl sites for hydroxylation is 1. The van der Waals surface area contributed by atoms with Gasteiger partial charge in [0.2, 0.25) is 0 Å². The van der Waals surface area contributed by atoms with Crippen molar-refractivity contribution in [1.82, 2.24) is 20.3 Å². The topological polar surface area (TPSA) is 42.7 Å². The summed E-state index contributed by atoms with van der Waals surface area (Å²) in [5, 5.41) is 11.6. The number of nitrogens with one attached hydrogen (secondary N) is 1. The Morgan fingerprint density at radius 1 is 1.47 bits per heavy atom. The Morgan fingerprint density at radius 2 is 2.27 bits per heavy atom. The molecular weight excluding hydrogens is 188 g/mol. The molecule has 1 heterocycles. The van der Waals surface area contributed by atoms with E-state index < -0.39 is 0 Å². The summed E-state index contributed by atoms with van der Waals surface area (Å²) in [6.07, 6.45) is 7.14. The smallest absolute Gasteiger partial charge is 0.0728 e. The molecule has 1 saturated carbocycles. The van der Waals surface area contributed by atoms with E-state index in [0.29, 0.717) is 12.0 Å². The highest BCUT2D eigenvalue weighted by atomic mass is 15.4. The highest BCUT2D eigenvalue weighted by Gasteiger charge is 2.27. The maximum atomic E-state index is 4.03. The van der Waals surface area contributed by atoms with Crippen molar-refractivity contribution in [3.63, 3.8) is 0 Å². The lowest BCUT2D eigenvalue weighted by Gasteiger charge is -2.31. The second-order valence-electron chi connectivity index (χ2n) is 4.34. The molecule has 1 fully saturated rings. The normalized spacial score (nSPS) is 26.8. The molecule has 1 N–H and O–H groups in total. The van der Waals surface area contributed by atoms with Crippen molar-refractivity contribution in [2.24, 2.45) is 7.05 Å². The van der Waals surface area contributed by atoms with Crippen molar-refractivity contribution in [3.8, 4) is 0 Å². The Kier molecular flexibility index (Phi) is 3.36. The number of nitrogens with zero attached hydrogens (tertiary/aromatic N) is 3. The quantitative estimate of drug-likeness (QED) is 0.817. The highest BCUT2D eigenvalue weighted by molar-refractivity contribution is 5.08. The van der Waals surface area contributed by atoms with Crippen LogP contribution in [0.25, 0.3) is 0 Å². The molecule has 84 valence electrons. The van der Waals surface area contributed by atoms with Gasteiger partial charge >= 0.3 is 0 Å². The third-order valence-electron chi connectivity index (χ3n) is 3.36. The minimum absolute atomic E-state index is 0.596. The summed E-state index contributed by atoms with van der Waals surface area (Å²) in [7, 11) is 1.99. The van der Waals surface area contributed by atoms with Crippen molar-refractivity contribution in [2.75, 3.05) is 6.54 Å². The predicted octanol–water partition coefficient (Wildman–Crippen LogP) is 1.45. The minimum atomic E-state index is 0.596. The van der Waals surface area contributed by atoms with Crippen molar-refractivity contribution < 1.29 is 0 Å². The third-order valence-corrected chi connectivity index (χ3v) is 3.36. The van der Waals surface area contributed by atoms with E-state index in [4.69, 9.17) is 0 Å². The number of hydrogen-bond acceptors (Lipinski definition) is 3. The first kappa shape index (κ1) is 10.6. The molecule has 1 aliphatic rings. The first-order valence-corrected chi connectivity index (χ1v) is 5.91. The molecule has 15 heavy (non-hydrogen) atoms. The van der Waals surface area contributed by atoms with Crippen LogP contribution in [0.1, 0.15) is 44.2 Å². The zero-order chi connectivity index (χ0) is 10.7. The van der Waals surface area contributed by atoms with Crippen LogP contribution in [0.3, 0.4) is 0 Å². The van der Waals surface area contributed by atoms with Crippen molar-refractivity contribution in [1.29, 1.82) is 0 Å². The molecule has 4 nitrogen and oxygen atoms in total. The zero-order valence-electron chi connectivity index (χ0n) is 9.61. The van der Waals surface area contributed by atoms with Crippen LogP contribution in [0.4, 0.5) is 0 Å². The Labute approximate surface area is 91.1 Å². The molecule has 2 unspecified atom stereocenters. The second kappa shape index (κ2) is 4.75. The Balaban J connectivity index is 2.14. The number of rotatable bonds is 3. The molecule has 0 amide bonds. The Morgan fingerprint density at radius 3 is 2.93 bits per heavy atom. The molecule has 1 aromatic heterocycles. The van der Waals surface area contributed by atoms with E-state index in [1.54, 1.807) is 0 Å². The molecule has 2 atom stereocenters. The third kappa shape index (κ3) is 2.20. The van der Waals surface area contributed by atoms with Crippen LogP contribution in [0.15, 0.2) is 6.20 Å². The van der Waals surface area contributed by atoms with Gasteiger partial charge in [-0.3, -0.25) is 4.68 Å². The van der Waals surface area contributed by atoms with E-state index in [1.807, 2.05) is 17.9 Å². The van der Waals surface area contributed by atoms with Gasteiger partial charge in [-0.15, -0.1) is 5.10 Å². The fraction of sp³-hybridized carbons (Fsp3) is 0.818. The SMILES string of the molecule is CCNC1CCCCC1c1cnnn1C. The average molecular weight is 208 g/mol. The van der Waals surface area contributed by atoms with E-state index in [1.165, 1.54) is 31.4 Å². The van der Waals surface area contributed by atoms with Gasteiger partial charge in [0.25, 0.3) is 0 Å². The molecule has 2 rings (SSSR count).